The van der Waals surface area contributed by atoms with Gasteiger partial charge in [0.15, 0.2) is 9.02 Å². The first-order chi connectivity index (χ1) is 4.95. The van der Waals surface area contributed by atoms with Crippen LogP contribution in [0, 0.1) is 0 Å². The van der Waals surface area contributed by atoms with Crippen LogP contribution in [0.3, 0.4) is 0 Å². The molecule has 11 heavy (non-hydrogen) atoms. The van der Waals surface area contributed by atoms with E-state index in [2.05, 4.69) is 31.9 Å². The van der Waals surface area contributed by atoms with Gasteiger partial charge in [0.1, 0.15) is 6.61 Å². The van der Waals surface area contributed by atoms with Gasteiger partial charge in [-0.15, -0.1) is 0 Å². The van der Waals surface area contributed by atoms with Crippen LogP contribution < -0.4 is 0 Å². The van der Waals surface area contributed by atoms with Crippen molar-refractivity contribution < 1.29 is 9.53 Å². The molecule has 0 amide bonds. The average Bonchev–Trinajstić information content (AvgIpc) is 1.95. The van der Waals surface area contributed by atoms with E-state index in [0.29, 0.717) is 17.9 Å². The first-order valence-electron chi connectivity index (χ1n) is 3.18. The van der Waals surface area contributed by atoms with Crippen LogP contribution in [0.4, 0.5) is 0 Å². The Hall–Kier alpha value is 0.170. The number of Topliss-reactive ketones (excluding diaryl/α,β-unsaturated/α-hetero) is 1. The zero-order chi connectivity index (χ0) is 8.65. The van der Waals surface area contributed by atoms with E-state index in [4.69, 9.17) is 4.74 Å². The van der Waals surface area contributed by atoms with E-state index in [9.17, 15) is 4.79 Å². The van der Waals surface area contributed by atoms with Gasteiger partial charge < -0.3 is 4.74 Å². The van der Waals surface area contributed by atoms with Gasteiger partial charge in [0, 0.05) is 5.57 Å². The molecule has 0 bridgehead atoms. The third-order valence-corrected chi connectivity index (χ3v) is 2.85. The number of carbonyl (C=O) groups excluding carboxylic acids is 1. The molecule has 4 heteroatoms. The molecule has 0 spiro atoms. The molecule has 0 aromatic rings. The maximum Gasteiger partial charge on any atom is 0.192 e. The van der Waals surface area contributed by atoms with Gasteiger partial charge in [0.25, 0.3) is 0 Å². The second kappa shape index (κ2) is 2.90. The molecule has 0 unspecified atom stereocenters. The zero-order valence-corrected chi connectivity index (χ0v) is 9.45. The SMILES string of the molecule is CC1=C(C)C(=O)C(Br)(Br)CO1. The lowest BCUT2D eigenvalue weighted by Gasteiger charge is -2.26. The summed E-state index contributed by atoms with van der Waals surface area (Å²) in [5.41, 5.74) is 0.671. The Morgan fingerprint density at radius 1 is 1.45 bits per heavy atom. The second-order valence-electron chi connectivity index (χ2n) is 2.50. The molecule has 0 aromatic heterocycles. The van der Waals surface area contributed by atoms with E-state index in [1.165, 1.54) is 0 Å². The van der Waals surface area contributed by atoms with Crippen molar-refractivity contribution in [1.29, 1.82) is 0 Å². The van der Waals surface area contributed by atoms with Crippen molar-refractivity contribution in [2.45, 2.75) is 17.1 Å². The molecule has 0 radical (unpaired) electrons. The van der Waals surface area contributed by atoms with Crippen LogP contribution in [0.25, 0.3) is 0 Å². The quantitative estimate of drug-likeness (QED) is 0.638. The molecular formula is C7H8Br2O2. The molecule has 0 N–H and O–H groups in total. The predicted molar refractivity (Wildman–Crippen MR) is 49.9 cm³/mol. The zero-order valence-electron chi connectivity index (χ0n) is 6.28. The normalized spacial score (nSPS) is 23.5. The Bertz CT molecular complexity index is 231. The van der Waals surface area contributed by atoms with Crippen molar-refractivity contribution in [3.8, 4) is 0 Å². The van der Waals surface area contributed by atoms with E-state index in [-0.39, 0.29) is 5.78 Å². The lowest BCUT2D eigenvalue weighted by Crippen LogP contribution is -2.35. The van der Waals surface area contributed by atoms with Crippen LogP contribution in [0.1, 0.15) is 13.8 Å². The van der Waals surface area contributed by atoms with E-state index >= 15 is 0 Å². The highest BCUT2D eigenvalue weighted by atomic mass is 79.9. The Labute approximate surface area is 82.2 Å². The largest absolute Gasteiger partial charge is 0.495 e. The number of ketones is 1. The van der Waals surface area contributed by atoms with E-state index in [0.717, 1.165) is 0 Å². The van der Waals surface area contributed by atoms with Crippen molar-refractivity contribution in [1.82, 2.24) is 0 Å². The first kappa shape index (κ1) is 9.26. The van der Waals surface area contributed by atoms with Gasteiger partial charge in [-0.05, 0) is 13.8 Å². The Balaban J connectivity index is 3.00. The molecule has 0 saturated carbocycles. The van der Waals surface area contributed by atoms with Crippen LogP contribution in [0.2, 0.25) is 0 Å². The molecule has 1 aliphatic heterocycles. The van der Waals surface area contributed by atoms with Crippen LogP contribution in [0.15, 0.2) is 11.3 Å². The highest BCUT2D eigenvalue weighted by Gasteiger charge is 2.38. The van der Waals surface area contributed by atoms with Crippen molar-refractivity contribution >= 4 is 37.6 Å². The van der Waals surface area contributed by atoms with Crippen molar-refractivity contribution in [2.24, 2.45) is 0 Å². The third kappa shape index (κ3) is 1.67. The van der Waals surface area contributed by atoms with Gasteiger partial charge in [-0.25, -0.2) is 0 Å². The third-order valence-electron chi connectivity index (χ3n) is 1.67. The maximum atomic E-state index is 11.4. The molecule has 1 aliphatic rings. The summed E-state index contributed by atoms with van der Waals surface area (Å²) < 4.78 is 4.54. The number of hydrogen-bond donors (Lipinski definition) is 0. The minimum Gasteiger partial charge on any atom is -0.495 e. The van der Waals surface area contributed by atoms with Crippen LogP contribution in [-0.2, 0) is 9.53 Å². The summed E-state index contributed by atoms with van der Waals surface area (Å²) >= 11 is 6.47. The molecule has 0 aliphatic carbocycles. The molecule has 1 heterocycles. The lowest BCUT2D eigenvalue weighted by atomic mass is 10.1. The van der Waals surface area contributed by atoms with Gasteiger partial charge in [0.05, 0.1) is 5.76 Å². The number of carbonyl (C=O) groups is 1. The molecule has 2 nitrogen and oxygen atoms in total. The number of allylic oxidation sites excluding steroid dienone is 2. The molecular weight excluding hydrogens is 276 g/mol. The Morgan fingerprint density at radius 2 is 2.00 bits per heavy atom. The van der Waals surface area contributed by atoms with Crippen LogP contribution in [-0.4, -0.2) is 15.6 Å². The fraction of sp³-hybridized carbons (Fsp3) is 0.571. The predicted octanol–water partition coefficient (Wildman–Crippen LogP) is 2.37. The number of halogens is 2. The number of hydrogen-bond acceptors (Lipinski definition) is 2. The fourth-order valence-electron chi connectivity index (χ4n) is 0.807. The summed E-state index contributed by atoms with van der Waals surface area (Å²) in [4.78, 5) is 11.4. The summed E-state index contributed by atoms with van der Waals surface area (Å²) in [6, 6.07) is 0. The van der Waals surface area contributed by atoms with Crippen LogP contribution in [0.5, 0.6) is 0 Å². The van der Waals surface area contributed by atoms with E-state index in [1.807, 2.05) is 0 Å². The average molecular weight is 284 g/mol. The van der Waals surface area contributed by atoms with Gasteiger partial charge in [-0.3, -0.25) is 4.79 Å². The molecule has 1 rings (SSSR count). The van der Waals surface area contributed by atoms with Crippen molar-refractivity contribution in [3.63, 3.8) is 0 Å². The fourth-order valence-corrected chi connectivity index (χ4v) is 1.63. The number of rotatable bonds is 0. The summed E-state index contributed by atoms with van der Waals surface area (Å²) in [5.74, 6) is 0.755. The molecule has 0 aromatic carbocycles. The number of alkyl halides is 2. The topological polar surface area (TPSA) is 26.3 Å². The van der Waals surface area contributed by atoms with E-state index < -0.39 is 3.23 Å². The highest BCUT2D eigenvalue weighted by Crippen LogP contribution is 2.35. The maximum absolute atomic E-state index is 11.4. The van der Waals surface area contributed by atoms with E-state index in [1.54, 1.807) is 13.8 Å². The summed E-state index contributed by atoms with van der Waals surface area (Å²) in [6.07, 6.45) is 0. The lowest BCUT2D eigenvalue weighted by molar-refractivity contribution is -0.117. The number of ether oxygens (including phenoxy) is 1. The van der Waals surface area contributed by atoms with Crippen molar-refractivity contribution in [2.75, 3.05) is 6.61 Å². The Kier molecular flexibility index (Phi) is 2.44. The highest BCUT2D eigenvalue weighted by molar-refractivity contribution is 9.26. The molecule has 0 fully saturated rings. The monoisotopic (exact) mass is 282 g/mol. The van der Waals surface area contributed by atoms with Gasteiger partial charge in [0.2, 0.25) is 0 Å². The van der Waals surface area contributed by atoms with Crippen molar-refractivity contribution in [3.05, 3.63) is 11.3 Å². The first-order valence-corrected chi connectivity index (χ1v) is 4.76. The summed E-state index contributed by atoms with van der Waals surface area (Å²) in [7, 11) is 0. The molecule has 0 saturated heterocycles. The van der Waals surface area contributed by atoms with Gasteiger partial charge in [-0.2, -0.15) is 0 Å². The Morgan fingerprint density at radius 3 is 2.45 bits per heavy atom. The smallest absolute Gasteiger partial charge is 0.192 e. The van der Waals surface area contributed by atoms with Gasteiger partial charge >= 0.3 is 0 Å². The van der Waals surface area contributed by atoms with Gasteiger partial charge in [-0.1, -0.05) is 31.9 Å². The molecule has 62 valence electrons. The standard InChI is InChI=1S/C7H8Br2O2/c1-4-5(2)11-3-7(8,9)6(4)10/h3H2,1-2H3. The minimum atomic E-state index is -0.705. The summed E-state index contributed by atoms with van der Waals surface area (Å²) in [6.45, 7) is 3.89. The minimum absolute atomic E-state index is 0.0428. The summed E-state index contributed by atoms with van der Waals surface area (Å²) in [5, 5.41) is 0. The second-order valence-corrected chi connectivity index (χ2v) is 6.28. The molecule has 0 atom stereocenters. The van der Waals surface area contributed by atoms with Crippen LogP contribution >= 0.6 is 31.9 Å².